The van der Waals surface area contributed by atoms with E-state index < -0.39 is 23.6 Å². The molecule has 19 heavy (non-hydrogen) atoms. The van der Waals surface area contributed by atoms with Gasteiger partial charge in [-0.25, -0.2) is 9.37 Å². The molecule has 100 valence electrons. The maximum Gasteiger partial charge on any atom is 0.433 e. The van der Waals surface area contributed by atoms with E-state index >= 15 is 0 Å². The molecule has 0 aliphatic heterocycles. The van der Waals surface area contributed by atoms with Crippen LogP contribution in [-0.2, 0) is 6.18 Å². The summed E-state index contributed by atoms with van der Waals surface area (Å²) in [5, 5.41) is 2.53. The molecule has 0 aliphatic rings. The molecule has 8 heteroatoms. The predicted octanol–water partition coefficient (Wildman–Crippen LogP) is 2.96. The average Bonchev–Trinajstić information content (AvgIpc) is 2.26. The molecule has 2 aromatic rings. The van der Waals surface area contributed by atoms with Crippen molar-refractivity contribution in [1.82, 2.24) is 9.97 Å². The van der Waals surface area contributed by atoms with Crippen molar-refractivity contribution in [2.45, 2.75) is 6.18 Å². The van der Waals surface area contributed by atoms with Crippen molar-refractivity contribution in [3.05, 3.63) is 41.8 Å². The number of nitrogen functional groups attached to an aromatic ring is 1. The number of rotatable bonds is 2. The molecule has 0 saturated carbocycles. The van der Waals surface area contributed by atoms with E-state index in [1.54, 1.807) is 0 Å². The van der Waals surface area contributed by atoms with E-state index in [2.05, 4.69) is 15.3 Å². The SMILES string of the molecule is Nc1nc(Nc2cccc(F)c2)cc(C(F)(F)F)n1. The van der Waals surface area contributed by atoms with Crippen molar-refractivity contribution < 1.29 is 17.6 Å². The van der Waals surface area contributed by atoms with Gasteiger partial charge in [0.25, 0.3) is 0 Å². The van der Waals surface area contributed by atoms with Gasteiger partial charge in [0.1, 0.15) is 11.6 Å². The Kier molecular flexibility index (Phi) is 3.24. The van der Waals surface area contributed by atoms with E-state index in [4.69, 9.17) is 5.73 Å². The number of nitrogens with zero attached hydrogens (tertiary/aromatic N) is 2. The lowest BCUT2D eigenvalue weighted by atomic mass is 10.3. The third-order valence-electron chi connectivity index (χ3n) is 2.13. The first-order chi connectivity index (χ1) is 8.84. The molecule has 0 unspecified atom stereocenters. The number of hydrogen-bond acceptors (Lipinski definition) is 4. The highest BCUT2D eigenvalue weighted by Gasteiger charge is 2.33. The molecule has 0 aliphatic carbocycles. The first-order valence-electron chi connectivity index (χ1n) is 5.09. The summed E-state index contributed by atoms with van der Waals surface area (Å²) in [5.41, 5.74) is 4.29. The van der Waals surface area contributed by atoms with Crippen LogP contribution in [0, 0.1) is 5.82 Å². The van der Waals surface area contributed by atoms with Gasteiger partial charge in [-0.2, -0.15) is 18.2 Å². The largest absolute Gasteiger partial charge is 0.433 e. The lowest BCUT2D eigenvalue weighted by molar-refractivity contribution is -0.141. The number of benzene rings is 1. The number of halogens is 4. The van der Waals surface area contributed by atoms with Crippen LogP contribution in [0.15, 0.2) is 30.3 Å². The molecule has 0 saturated heterocycles. The van der Waals surface area contributed by atoms with E-state index in [1.807, 2.05) is 0 Å². The van der Waals surface area contributed by atoms with Crippen LogP contribution in [-0.4, -0.2) is 9.97 Å². The fourth-order valence-electron chi connectivity index (χ4n) is 1.39. The van der Waals surface area contributed by atoms with Crippen molar-refractivity contribution >= 4 is 17.5 Å². The molecule has 0 atom stereocenters. The van der Waals surface area contributed by atoms with Crippen molar-refractivity contribution in [2.24, 2.45) is 0 Å². The molecular formula is C11H8F4N4. The summed E-state index contributed by atoms with van der Waals surface area (Å²) >= 11 is 0. The van der Waals surface area contributed by atoms with Crippen molar-refractivity contribution in [1.29, 1.82) is 0 Å². The van der Waals surface area contributed by atoms with Gasteiger partial charge in [0.2, 0.25) is 5.95 Å². The van der Waals surface area contributed by atoms with Gasteiger partial charge in [0, 0.05) is 11.8 Å². The summed E-state index contributed by atoms with van der Waals surface area (Å²) < 4.78 is 50.5. The number of aromatic nitrogens is 2. The topological polar surface area (TPSA) is 63.8 Å². The van der Waals surface area contributed by atoms with Gasteiger partial charge in [0.05, 0.1) is 0 Å². The van der Waals surface area contributed by atoms with Crippen molar-refractivity contribution in [3.8, 4) is 0 Å². The summed E-state index contributed by atoms with van der Waals surface area (Å²) in [7, 11) is 0. The maximum absolute atomic E-state index is 12.9. The Bertz CT molecular complexity index is 597. The van der Waals surface area contributed by atoms with Crippen LogP contribution in [0.3, 0.4) is 0 Å². The van der Waals surface area contributed by atoms with Gasteiger partial charge in [-0.15, -0.1) is 0 Å². The van der Waals surface area contributed by atoms with Gasteiger partial charge < -0.3 is 11.1 Å². The van der Waals surface area contributed by atoms with Crippen LogP contribution in [0.4, 0.5) is 35.0 Å². The molecule has 4 nitrogen and oxygen atoms in total. The van der Waals surface area contributed by atoms with Crippen LogP contribution in [0.2, 0.25) is 0 Å². The van der Waals surface area contributed by atoms with Crippen LogP contribution >= 0.6 is 0 Å². The molecule has 1 aromatic heterocycles. The zero-order valence-electron chi connectivity index (χ0n) is 9.37. The first-order valence-corrected chi connectivity index (χ1v) is 5.09. The fourth-order valence-corrected chi connectivity index (χ4v) is 1.39. The van der Waals surface area contributed by atoms with Gasteiger partial charge in [-0.05, 0) is 18.2 Å². The van der Waals surface area contributed by atoms with Gasteiger partial charge in [0.15, 0.2) is 5.69 Å². The molecule has 1 heterocycles. The van der Waals surface area contributed by atoms with Crippen molar-refractivity contribution in [2.75, 3.05) is 11.1 Å². The zero-order chi connectivity index (χ0) is 14.0. The van der Waals surface area contributed by atoms with E-state index in [0.29, 0.717) is 6.07 Å². The molecule has 0 spiro atoms. The summed E-state index contributed by atoms with van der Waals surface area (Å²) in [6, 6.07) is 5.91. The Morgan fingerprint density at radius 3 is 2.47 bits per heavy atom. The molecule has 2 rings (SSSR count). The highest BCUT2D eigenvalue weighted by Crippen LogP contribution is 2.29. The molecule has 0 bridgehead atoms. The number of anilines is 3. The standard InChI is InChI=1S/C11H8F4N4/c12-6-2-1-3-7(4-6)17-9-5-8(11(13,14)15)18-10(16)19-9/h1-5H,(H3,16,17,18,19). The van der Waals surface area contributed by atoms with Gasteiger partial charge in [-0.3, -0.25) is 0 Å². The third-order valence-corrected chi connectivity index (χ3v) is 2.13. The van der Waals surface area contributed by atoms with Crippen LogP contribution in [0.1, 0.15) is 5.69 Å². The smallest absolute Gasteiger partial charge is 0.368 e. The summed E-state index contributed by atoms with van der Waals surface area (Å²) in [4.78, 5) is 6.70. The monoisotopic (exact) mass is 272 g/mol. The van der Waals surface area contributed by atoms with Crippen LogP contribution in [0.5, 0.6) is 0 Å². The summed E-state index contributed by atoms with van der Waals surface area (Å²) in [5.74, 6) is -1.21. The third kappa shape index (κ3) is 3.30. The number of alkyl halides is 3. The molecule has 0 amide bonds. The summed E-state index contributed by atoms with van der Waals surface area (Å²) in [6.07, 6.45) is -4.63. The Hall–Kier alpha value is -2.38. The zero-order valence-corrected chi connectivity index (χ0v) is 9.37. The Labute approximate surface area is 105 Å². The minimum Gasteiger partial charge on any atom is -0.368 e. The van der Waals surface area contributed by atoms with E-state index in [-0.39, 0.29) is 11.5 Å². The van der Waals surface area contributed by atoms with Crippen molar-refractivity contribution in [3.63, 3.8) is 0 Å². The Morgan fingerprint density at radius 2 is 1.84 bits per heavy atom. The number of nitrogens with one attached hydrogen (secondary N) is 1. The lowest BCUT2D eigenvalue weighted by Gasteiger charge is -2.10. The first kappa shape index (κ1) is 13.1. The van der Waals surface area contributed by atoms with Crippen LogP contribution in [0.25, 0.3) is 0 Å². The fraction of sp³-hybridized carbons (Fsp3) is 0.0909. The molecular weight excluding hydrogens is 264 g/mol. The average molecular weight is 272 g/mol. The van der Waals surface area contributed by atoms with E-state index in [9.17, 15) is 17.6 Å². The second kappa shape index (κ2) is 4.71. The summed E-state index contributed by atoms with van der Waals surface area (Å²) in [6.45, 7) is 0. The molecule has 0 radical (unpaired) electrons. The molecule has 0 fully saturated rings. The number of hydrogen-bond donors (Lipinski definition) is 2. The maximum atomic E-state index is 12.9. The highest BCUT2D eigenvalue weighted by atomic mass is 19.4. The second-order valence-corrected chi connectivity index (χ2v) is 3.63. The Morgan fingerprint density at radius 1 is 1.11 bits per heavy atom. The molecule has 3 N–H and O–H groups in total. The minimum atomic E-state index is -4.63. The Balaban J connectivity index is 2.33. The normalized spacial score (nSPS) is 11.4. The highest BCUT2D eigenvalue weighted by molar-refractivity contribution is 5.57. The van der Waals surface area contributed by atoms with Gasteiger partial charge >= 0.3 is 6.18 Å². The predicted molar refractivity (Wildman–Crippen MR) is 61.1 cm³/mol. The minimum absolute atomic E-state index is 0.162. The number of nitrogens with two attached hydrogens (primary N) is 1. The lowest BCUT2D eigenvalue weighted by Crippen LogP contribution is -2.12. The van der Waals surface area contributed by atoms with E-state index in [0.717, 1.165) is 6.07 Å². The van der Waals surface area contributed by atoms with E-state index in [1.165, 1.54) is 18.2 Å². The van der Waals surface area contributed by atoms with Crippen LogP contribution < -0.4 is 11.1 Å². The second-order valence-electron chi connectivity index (χ2n) is 3.63. The molecule has 1 aromatic carbocycles. The quantitative estimate of drug-likeness (QED) is 0.825. The van der Waals surface area contributed by atoms with Gasteiger partial charge in [-0.1, -0.05) is 6.07 Å².